The largest absolute Gasteiger partial charge is 0.157 e. The van der Waals surface area contributed by atoms with Gasteiger partial charge in [0, 0.05) is 5.75 Å². The third-order valence-electron chi connectivity index (χ3n) is 2.49. The monoisotopic (exact) mass is 228 g/mol. The Morgan fingerprint density at radius 3 is 1.88 bits per heavy atom. The SMILES string of the molecule is c1ccc(CCSCc2ccccc2)cc1. The van der Waals surface area contributed by atoms with Gasteiger partial charge < -0.3 is 0 Å². The van der Waals surface area contributed by atoms with E-state index in [1.54, 1.807) is 0 Å². The Balaban J connectivity index is 1.70. The van der Waals surface area contributed by atoms with E-state index in [1.165, 1.54) is 23.3 Å². The second kappa shape index (κ2) is 6.39. The van der Waals surface area contributed by atoms with Crippen LogP contribution in [0.4, 0.5) is 0 Å². The van der Waals surface area contributed by atoms with Crippen LogP contribution in [-0.4, -0.2) is 5.75 Å². The highest BCUT2D eigenvalue weighted by molar-refractivity contribution is 7.98. The standard InChI is InChI=1S/C15H16S/c1-3-7-14(8-4-1)11-12-16-13-15-9-5-2-6-10-15/h1-10H,11-13H2. The average molecular weight is 228 g/mol. The lowest BCUT2D eigenvalue weighted by Crippen LogP contribution is -1.88. The summed E-state index contributed by atoms with van der Waals surface area (Å²) in [6.45, 7) is 0. The lowest BCUT2D eigenvalue weighted by Gasteiger charge is -2.02. The van der Waals surface area contributed by atoms with Crippen molar-refractivity contribution < 1.29 is 0 Å². The van der Waals surface area contributed by atoms with E-state index in [0.29, 0.717) is 0 Å². The van der Waals surface area contributed by atoms with Gasteiger partial charge in [0.05, 0.1) is 0 Å². The van der Waals surface area contributed by atoms with Crippen molar-refractivity contribution in [2.75, 3.05) is 5.75 Å². The van der Waals surface area contributed by atoms with Gasteiger partial charge in [0.2, 0.25) is 0 Å². The highest BCUT2D eigenvalue weighted by Crippen LogP contribution is 2.13. The molecule has 0 amide bonds. The molecule has 0 atom stereocenters. The molecular formula is C15H16S. The molecule has 0 spiro atoms. The molecule has 0 fully saturated rings. The zero-order valence-corrected chi connectivity index (χ0v) is 10.1. The highest BCUT2D eigenvalue weighted by Gasteiger charge is 1.94. The predicted octanol–water partition coefficient (Wildman–Crippen LogP) is 4.16. The van der Waals surface area contributed by atoms with Crippen molar-refractivity contribution in [1.29, 1.82) is 0 Å². The Kier molecular flexibility index (Phi) is 4.50. The van der Waals surface area contributed by atoms with E-state index < -0.39 is 0 Å². The molecule has 1 heteroatoms. The van der Waals surface area contributed by atoms with Gasteiger partial charge in [-0.2, -0.15) is 11.8 Å². The van der Waals surface area contributed by atoms with Crippen LogP contribution in [0.5, 0.6) is 0 Å². The van der Waals surface area contributed by atoms with Gasteiger partial charge in [-0.15, -0.1) is 0 Å². The van der Waals surface area contributed by atoms with Gasteiger partial charge in [0.1, 0.15) is 0 Å². The van der Waals surface area contributed by atoms with Gasteiger partial charge in [-0.3, -0.25) is 0 Å². The zero-order chi connectivity index (χ0) is 11.1. The molecule has 0 radical (unpaired) electrons. The van der Waals surface area contributed by atoms with E-state index in [-0.39, 0.29) is 0 Å². The Labute approximate surface area is 102 Å². The van der Waals surface area contributed by atoms with Gasteiger partial charge in [0.25, 0.3) is 0 Å². The molecule has 0 saturated carbocycles. The van der Waals surface area contributed by atoms with Crippen molar-refractivity contribution in [3.63, 3.8) is 0 Å². The smallest absolute Gasteiger partial charge is 0.0184 e. The highest BCUT2D eigenvalue weighted by atomic mass is 32.2. The minimum atomic E-state index is 1.12. The van der Waals surface area contributed by atoms with E-state index in [2.05, 4.69) is 60.7 Å². The van der Waals surface area contributed by atoms with Gasteiger partial charge in [0.15, 0.2) is 0 Å². The molecule has 0 aliphatic heterocycles. The number of aryl methyl sites for hydroxylation is 1. The van der Waals surface area contributed by atoms with Crippen molar-refractivity contribution in [1.82, 2.24) is 0 Å². The summed E-state index contributed by atoms with van der Waals surface area (Å²) in [7, 11) is 0. The topological polar surface area (TPSA) is 0 Å². The van der Waals surface area contributed by atoms with Crippen molar-refractivity contribution >= 4 is 11.8 Å². The Bertz CT molecular complexity index is 353. The summed E-state index contributed by atoms with van der Waals surface area (Å²) < 4.78 is 0. The third kappa shape index (κ3) is 3.74. The summed E-state index contributed by atoms with van der Waals surface area (Å²) in [5.74, 6) is 2.31. The van der Waals surface area contributed by atoms with E-state index in [0.717, 1.165) is 5.75 Å². The zero-order valence-electron chi connectivity index (χ0n) is 9.30. The summed E-state index contributed by atoms with van der Waals surface area (Å²) in [5, 5.41) is 0. The first kappa shape index (κ1) is 11.3. The lowest BCUT2D eigenvalue weighted by molar-refractivity contribution is 1.15. The molecule has 0 aliphatic rings. The number of benzene rings is 2. The fraction of sp³-hybridized carbons (Fsp3) is 0.200. The van der Waals surface area contributed by atoms with Crippen molar-refractivity contribution in [2.24, 2.45) is 0 Å². The number of thioether (sulfide) groups is 1. The molecule has 0 nitrogen and oxygen atoms in total. The van der Waals surface area contributed by atoms with Crippen molar-refractivity contribution in [3.05, 3.63) is 71.8 Å². The van der Waals surface area contributed by atoms with Crippen LogP contribution in [0, 0.1) is 0 Å². The number of hydrogen-bond donors (Lipinski definition) is 0. The minimum absolute atomic E-state index is 1.12. The first-order chi connectivity index (χ1) is 7.95. The van der Waals surface area contributed by atoms with E-state index in [1.807, 2.05) is 11.8 Å². The molecule has 2 aromatic carbocycles. The van der Waals surface area contributed by atoms with Crippen LogP contribution in [0.25, 0.3) is 0 Å². The minimum Gasteiger partial charge on any atom is -0.157 e. The first-order valence-corrected chi connectivity index (χ1v) is 6.76. The summed E-state index contributed by atoms with van der Waals surface area (Å²) >= 11 is 2.00. The maximum atomic E-state index is 2.20. The van der Waals surface area contributed by atoms with E-state index >= 15 is 0 Å². The van der Waals surface area contributed by atoms with Crippen LogP contribution in [-0.2, 0) is 12.2 Å². The van der Waals surface area contributed by atoms with Crippen LogP contribution < -0.4 is 0 Å². The molecule has 0 aliphatic carbocycles. The molecule has 0 heterocycles. The number of hydrogen-bond acceptors (Lipinski definition) is 1. The molecule has 2 aromatic rings. The van der Waals surface area contributed by atoms with Crippen LogP contribution in [0.15, 0.2) is 60.7 Å². The Hall–Kier alpha value is -1.21. The molecule has 0 saturated heterocycles. The maximum absolute atomic E-state index is 2.20. The molecule has 82 valence electrons. The Morgan fingerprint density at radius 2 is 1.25 bits per heavy atom. The van der Waals surface area contributed by atoms with E-state index in [4.69, 9.17) is 0 Å². The fourth-order valence-corrected chi connectivity index (χ4v) is 2.55. The summed E-state index contributed by atoms with van der Waals surface area (Å²) in [6, 6.07) is 21.3. The van der Waals surface area contributed by atoms with Gasteiger partial charge in [-0.1, -0.05) is 60.7 Å². The third-order valence-corrected chi connectivity index (χ3v) is 3.52. The normalized spacial score (nSPS) is 10.2. The average Bonchev–Trinajstić information content (AvgIpc) is 2.37. The quantitative estimate of drug-likeness (QED) is 0.692. The van der Waals surface area contributed by atoms with Crippen LogP contribution in [0.3, 0.4) is 0 Å². The fourth-order valence-electron chi connectivity index (χ4n) is 1.60. The van der Waals surface area contributed by atoms with Crippen molar-refractivity contribution in [3.8, 4) is 0 Å². The van der Waals surface area contributed by atoms with Crippen LogP contribution in [0.1, 0.15) is 11.1 Å². The summed E-state index contributed by atoms with van der Waals surface area (Å²) in [5.41, 5.74) is 2.85. The van der Waals surface area contributed by atoms with Gasteiger partial charge in [-0.25, -0.2) is 0 Å². The second-order valence-electron chi connectivity index (χ2n) is 3.77. The lowest BCUT2D eigenvalue weighted by atomic mass is 10.2. The van der Waals surface area contributed by atoms with Gasteiger partial charge >= 0.3 is 0 Å². The molecular weight excluding hydrogens is 212 g/mol. The van der Waals surface area contributed by atoms with Crippen LogP contribution >= 0.6 is 11.8 Å². The molecule has 16 heavy (non-hydrogen) atoms. The summed E-state index contributed by atoms with van der Waals surface area (Å²) in [4.78, 5) is 0. The van der Waals surface area contributed by atoms with Crippen molar-refractivity contribution in [2.45, 2.75) is 12.2 Å². The van der Waals surface area contributed by atoms with E-state index in [9.17, 15) is 0 Å². The number of rotatable bonds is 5. The molecule has 2 rings (SSSR count). The first-order valence-electron chi connectivity index (χ1n) is 5.61. The Morgan fingerprint density at radius 1 is 0.688 bits per heavy atom. The molecule has 0 bridgehead atoms. The van der Waals surface area contributed by atoms with Gasteiger partial charge in [-0.05, 0) is 23.3 Å². The molecule has 0 aromatic heterocycles. The predicted molar refractivity (Wildman–Crippen MR) is 72.8 cm³/mol. The summed E-state index contributed by atoms with van der Waals surface area (Å²) in [6.07, 6.45) is 1.17. The second-order valence-corrected chi connectivity index (χ2v) is 4.88. The molecule has 0 unspecified atom stereocenters. The molecule has 0 N–H and O–H groups in total. The van der Waals surface area contributed by atoms with Crippen LogP contribution in [0.2, 0.25) is 0 Å². The maximum Gasteiger partial charge on any atom is 0.0184 e.